The Morgan fingerprint density at radius 1 is 0.933 bits per heavy atom. The summed E-state index contributed by atoms with van der Waals surface area (Å²) in [5.74, 6) is 0.647. The van der Waals surface area contributed by atoms with Crippen LogP contribution in [0.3, 0.4) is 0 Å². The molecule has 1 amide bonds. The van der Waals surface area contributed by atoms with E-state index in [9.17, 15) is 9.59 Å². The van der Waals surface area contributed by atoms with Crippen LogP contribution in [0.15, 0.2) is 77.4 Å². The molecule has 1 heterocycles. The van der Waals surface area contributed by atoms with Crippen molar-refractivity contribution in [3.05, 3.63) is 84.3 Å². The van der Waals surface area contributed by atoms with Gasteiger partial charge in [0.1, 0.15) is 36.0 Å². The van der Waals surface area contributed by atoms with Crippen LogP contribution >= 0.6 is 0 Å². The molecule has 0 aliphatic heterocycles. The summed E-state index contributed by atoms with van der Waals surface area (Å²) in [6.07, 6.45) is 0.550. The molecule has 3 aromatic rings. The number of amides is 1. The average Bonchev–Trinajstić information content (AvgIpc) is 3.29. The van der Waals surface area contributed by atoms with Crippen LogP contribution in [0, 0.1) is 0 Å². The first kappa shape index (κ1) is 21.0. The number of carbonyl (C=O) groups is 2. The second-order valence-electron chi connectivity index (χ2n) is 6.35. The average molecular weight is 409 g/mol. The van der Waals surface area contributed by atoms with Crippen LogP contribution in [0.1, 0.15) is 23.0 Å². The number of benzene rings is 2. The molecule has 0 spiro atoms. The van der Waals surface area contributed by atoms with Crippen LogP contribution < -0.4 is 14.8 Å². The van der Waals surface area contributed by atoms with Gasteiger partial charge in [-0.1, -0.05) is 30.3 Å². The van der Waals surface area contributed by atoms with Crippen molar-refractivity contribution < 1.29 is 28.2 Å². The highest BCUT2D eigenvalue weighted by molar-refractivity contribution is 5.94. The first-order chi connectivity index (χ1) is 14.6. The Bertz CT molecular complexity index is 939. The van der Waals surface area contributed by atoms with E-state index in [4.69, 9.17) is 18.6 Å². The highest BCUT2D eigenvalue weighted by atomic mass is 16.6. The van der Waals surface area contributed by atoms with Gasteiger partial charge in [-0.3, -0.25) is 4.79 Å². The molecule has 2 aromatic carbocycles. The van der Waals surface area contributed by atoms with Crippen LogP contribution in [0.25, 0.3) is 0 Å². The molecular formula is C23H23NO6. The van der Waals surface area contributed by atoms with Gasteiger partial charge in [0.05, 0.1) is 12.8 Å². The summed E-state index contributed by atoms with van der Waals surface area (Å²) in [4.78, 5) is 24.7. The van der Waals surface area contributed by atoms with E-state index in [0.29, 0.717) is 18.1 Å². The molecule has 7 nitrogen and oxygen atoms in total. The first-order valence-corrected chi connectivity index (χ1v) is 9.54. The summed E-state index contributed by atoms with van der Waals surface area (Å²) in [5, 5.41) is 2.66. The smallest absolute Gasteiger partial charge is 0.342 e. The number of nitrogens with one attached hydrogen (secondary N) is 1. The van der Waals surface area contributed by atoms with E-state index in [1.807, 2.05) is 30.3 Å². The Balaban J connectivity index is 1.49. The minimum absolute atomic E-state index is 0.217. The molecule has 0 saturated heterocycles. The van der Waals surface area contributed by atoms with Crippen molar-refractivity contribution in [1.29, 1.82) is 0 Å². The summed E-state index contributed by atoms with van der Waals surface area (Å²) in [7, 11) is 0. The van der Waals surface area contributed by atoms with Crippen LogP contribution in [-0.4, -0.2) is 31.2 Å². The van der Waals surface area contributed by atoms with Crippen LogP contribution in [0.5, 0.6) is 11.5 Å². The number of rotatable bonds is 10. The molecule has 0 aliphatic carbocycles. The lowest BCUT2D eigenvalue weighted by Gasteiger charge is -2.15. The van der Waals surface area contributed by atoms with Gasteiger partial charge in [0.2, 0.25) is 0 Å². The van der Waals surface area contributed by atoms with Crippen molar-refractivity contribution in [2.45, 2.75) is 19.6 Å². The summed E-state index contributed by atoms with van der Waals surface area (Å²) < 4.78 is 21.7. The molecule has 3 rings (SSSR count). The molecular weight excluding hydrogens is 386 g/mol. The maximum absolute atomic E-state index is 12.5. The van der Waals surface area contributed by atoms with Crippen molar-refractivity contribution in [3.63, 3.8) is 0 Å². The molecule has 156 valence electrons. The highest BCUT2D eigenvalue weighted by Crippen LogP contribution is 2.20. The zero-order valence-electron chi connectivity index (χ0n) is 16.6. The third kappa shape index (κ3) is 6.13. The number of ether oxygens (including phenoxy) is 3. The van der Waals surface area contributed by atoms with Gasteiger partial charge < -0.3 is 23.9 Å². The predicted octanol–water partition coefficient (Wildman–Crippen LogP) is 3.60. The normalized spacial score (nSPS) is 11.4. The molecule has 0 fully saturated rings. The number of furan rings is 1. The van der Waals surface area contributed by atoms with Crippen molar-refractivity contribution in [2.24, 2.45) is 0 Å². The Kier molecular flexibility index (Phi) is 7.49. The molecule has 1 aromatic heterocycles. The van der Waals surface area contributed by atoms with Gasteiger partial charge in [0.15, 0.2) is 6.10 Å². The largest absolute Gasteiger partial charge is 0.490 e. The minimum Gasteiger partial charge on any atom is -0.490 e. The predicted molar refractivity (Wildman–Crippen MR) is 109 cm³/mol. The first-order valence-electron chi connectivity index (χ1n) is 9.54. The van der Waals surface area contributed by atoms with E-state index in [1.165, 1.54) is 13.2 Å². The second kappa shape index (κ2) is 10.7. The monoisotopic (exact) mass is 409 g/mol. The fraction of sp³-hybridized carbons (Fsp3) is 0.217. The minimum atomic E-state index is -0.970. The van der Waals surface area contributed by atoms with Gasteiger partial charge in [-0.05, 0) is 43.3 Å². The van der Waals surface area contributed by atoms with Crippen molar-refractivity contribution in [3.8, 4) is 11.5 Å². The summed E-state index contributed by atoms with van der Waals surface area (Å²) in [6, 6.07) is 19.6. The molecule has 0 saturated carbocycles. The third-order valence-corrected chi connectivity index (χ3v) is 4.13. The van der Waals surface area contributed by atoms with E-state index < -0.39 is 18.0 Å². The fourth-order valence-corrected chi connectivity index (χ4v) is 2.60. The molecule has 7 heteroatoms. The maximum atomic E-state index is 12.5. The van der Waals surface area contributed by atoms with Gasteiger partial charge in [0.25, 0.3) is 5.91 Å². The summed E-state index contributed by atoms with van der Waals surface area (Å²) in [5.41, 5.74) is 0.239. The number of carbonyl (C=O) groups excluding carboxylic acids is 2. The molecule has 0 aliphatic rings. The Hall–Kier alpha value is -3.74. The summed E-state index contributed by atoms with van der Waals surface area (Å²) >= 11 is 0. The molecule has 1 unspecified atom stereocenters. The van der Waals surface area contributed by atoms with Crippen molar-refractivity contribution in [2.75, 3.05) is 13.2 Å². The van der Waals surface area contributed by atoms with Crippen LogP contribution in [0.4, 0.5) is 0 Å². The number of esters is 1. The van der Waals surface area contributed by atoms with Crippen LogP contribution in [0.2, 0.25) is 0 Å². The Morgan fingerprint density at radius 2 is 1.67 bits per heavy atom. The quantitative estimate of drug-likeness (QED) is 0.407. The van der Waals surface area contributed by atoms with Gasteiger partial charge >= 0.3 is 5.97 Å². The van der Waals surface area contributed by atoms with E-state index >= 15 is 0 Å². The molecule has 1 N–H and O–H groups in total. The zero-order chi connectivity index (χ0) is 21.2. The van der Waals surface area contributed by atoms with Gasteiger partial charge in [-0.15, -0.1) is 0 Å². The summed E-state index contributed by atoms with van der Waals surface area (Å²) in [6.45, 7) is 2.29. The second-order valence-corrected chi connectivity index (χ2v) is 6.35. The Labute approximate surface area is 174 Å². The number of para-hydroxylation sites is 2. The van der Waals surface area contributed by atoms with Crippen molar-refractivity contribution in [1.82, 2.24) is 5.32 Å². The zero-order valence-corrected chi connectivity index (χ0v) is 16.6. The lowest BCUT2D eigenvalue weighted by atomic mass is 10.2. The van der Waals surface area contributed by atoms with E-state index in [-0.39, 0.29) is 18.7 Å². The molecule has 30 heavy (non-hydrogen) atoms. The maximum Gasteiger partial charge on any atom is 0.342 e. The van der Waals surface area contributed by atoms with Crippen LogP contribution in [-0.2, 0) is 16.1 Å². The van der Waals surface area contributed by atoms with Crippen molar-refractivity contribution >= 4 is 11.9 Å². The SMILES string of the molecule is CC(OC(=O)c1ccccc1OCCOc1ccccc1)C(=O)NCc1ccco1. The van der Waals surface area contributed by atoms with Gasteiger partial charge in [0, 0.05) is 0 Å². The fourth-order valence-electron chi connectivity index (χ4n) is 2.60. The lowest BCUT2D eigenvalue weighted by molar-refractivity contribution is -0.129. The lowest BCUT2D eigenvalue weighted by Crippen LogP contribution is -2.35. The van der Waals surface area contributed by atoms with Gasteiger partial charge in [-0.25, -0.2) is 4.79 Å². The highest BCUT2D eigenvalue weighted by Gasteiger charge is 2.21. The van der Waals surface area contributed by atoms with E-state index in [2.05, 4.69) is 5.32 Å². The molecule has 0 bridgehead atoms. The standard InChI is InChI=1S/C23H23NO6/c1-17(22(25)24-16-19-10-7-13-27-19)30-23(26)20-11-5-6-12-21(20)29-15-14-28-18-8-3-2-4-9-18/h2-13,17H,14-16H2,1H3,(H,24,25). The van der Waals surface area contributed by atoms with E-state index in [0.717, 1.165) is 5.75 Å². The number of hydrogen-bond acceptors (Lipinski definition) is 6. The third-order valence-electron chi connectivity index (χ3n) is 4.13. The topological polar surface area (TPSA) is 87.0 Å². The molecule has 1 atom stereocenters. The van der Waals surface area contributed by atoms with Gasteiger partial charge in [-0.2, -0.15) is 0 Å². The Morgan fingerprint density at radius 3 is 2.43 bits per heavy atom. The van der Waals surface area contributed by atoms with E-state index in [1.54, 1.807) is 36.4 Å². The number of hydrogen-bond donors (Lipinski definition) is 1. The molecule has 0 radical (unpaired) electrons.